The molecule has 1 aliphatic rings. The SMILES string of the molecule is OCCc1ccc(-c2cnn(C3CCCCO3)c2)cc1F. The summed E-state index contributed by atoms with van der Waals surface area (Å²) in [4.78, 5) is 0. The molecule has 5 heteroatoms. The molecule has 0 amide bonds. The molecule has 3 rings (SSSR count). The first-order chi connectivity index (χ1) is 10.3. The molecule has 1 unspecified atom stereocenters. The number of aliphatic hydroxyl groups is 1. The van der Waals surface area contributed by atoms with Gasteiger partial charge in [-0.1, -0.05) is 12.1 Å². The molecule has 1 aliphatic heterocycles. The lowest BCUT2D eigenvalue weighted by atomic mass is 10.0. The molecule has 21 heavy (non-hydrogen) atoms. The fourth-order valence-corrected chi connectivity index (χ4v) is 2.63. The molecule has 4 nitrogen and oxygen atoms in total. The topological polar surface area (TPSA) is 47.3 Å². The maximum absolute atomic E-state index is 13.9. The molecule has 0 aliphatic carbocycles. The highest BCUT2D eigenvalue weighted by atomic mass is 19.1. The van der Waals surface area contributed by atoms with Gasteiger partial charge in [0.1, 0.15) is 12.0 Å². The lowest BCUT2D eigenvalue weighted by Crippen LogP contribution is -2.18. The summed E-state index contributed by atoms with van der Waals surface area (Å²) < 4.78 is 21.4. The molecule has 0 bridgehead atoms. The van der Waals surface area contributed by atoms with Gasteiger partial charge in [-0.05, 0) is 42.9 Å². The number of halogens is 1. The van der Waals surface area contributed by atoms with Crippen LogP contribution in [0, 0.1) is 5.82 Å². The van der Waals surface area contributed by atoms with Crippen molar-refractivity contribution >= 4 is 0 Å². The van der Waals surface area contributed by atoms with Crippen LogP contribution >= 0.6 is 0 Å². The Morgan fingerprint density at radius 2 is 2.24 bits per heavy atom. The minimum atomic E-state index is -0.289. The molecule has 1 fully saturated rings. The Bertz CT molecular complexity index is 606. The largest absolute Gasteiger partial charge is 0.396 e. The van der Waals surface area contributed by atoms with E-state index in [0.29, 0.717) is 12.0 Å². The first-order valence-corrected chi connectivity index (χ1v) is 7.33. The average Bonchev–Trinajstić information content (AvgIpc) is 3.00. The molecule has 112 valence electrons. The van der Waals surface area contributed by atoms with Gasteiger partial charge in [0.05, 0.1) is 6.20 Å². The van der Waals surface area contributed by atoms with Crippen molar-refractivity contribution in [3.05, 3.63) is 42.0 Å². The number of nitrogens with zero attached hydrogens (tertiary/aromatic N) is 2. The average molecular weight is 290 g/mol. The van der Waals surface area contributed by atoms with E-state index in [1.54, 1.807) is 12.3 Å². The van der Waals surface area contributed by atoms with Crippen molar-refractivity contribution in [1.82, 2.24) is 9.78 Å². The fourth-order valence-electron chi connectivity index (χ4n) is 2.63. The standard InChI is InChI=1S/C16H19FN2O2/c17-15-9-13(5-4-12(15)6-7-20)14-10-18-19(11-14)16-3-1-2-8-21-16/h4-5,9-11,16,20H,1-3,6-8H2. The molecule has 1 aromatic heterocycles. The zero-order valence-corrected chi connectivity index (χ0v) is 11.8. The van der Waals surface area contributed by atoms with Gasteiger partial charge in [0.25, 0.3) is 0 Å². The number of hydrogen-bond acceptors (Lipinski definition) is 3. The van der Waals surface area contributed by atoms with Crippen molar-refractivity contribution in [2.24, 2.45) is 0 Å². The third-order valence-electron chi connectivity index (χ3n) is 3.82. The summed E-state index contributed by atoms with van der Waals surface area (Å²) in [7, 11) is 0. The van der Waals surface area contributed by atoms with E-state index in [1.807, 2.05) is 16.9 Å². The van der Waals surface area contributed by atoms with E-state index in [9.17, 15) is 4.39 Å². The molecule has 1 atom stereocenters. The van der Waals surface area contributed by atoms with Gasteiger partial charge >= 0.3 is 0 Å². The van der Waals surface area contributed by atoms with Crippen molar-refractivity contribution in [2.75, 3.05) is 13.2 Å². The quantitative estimate of drug-likeness (QED) is 0.941. The van der Waals surface area contributed by atoms with Crippen molar-refractivity contribution in [3.63, 3.8) is 0 Å². The Kier molecular flexibility index (Phi) is 4.31. The normalized spacial score (nSPS) is 18.9. The fraction of sp³-hybridized carbons (Fsp3) is 0.438. The Morgan fingerprint density at radius 3 is 2.95 bits per heavy atom. The van der Waals surface area contributed by atoms with E-state index < -0.39 is 0 Å². The number of ether oxygens (including phenoxy) is 1. The zero-order valence-electron chi connectivity index (χ0n) is 11.8. The van der Waals surface area contributed by atoms with Crippen LogP contribution in [-0.2, 0) is 11.2 Å². The zero-order chi connectivity index (χ0) is 14.7. The van der Waals surface area contributed by atoms with E-state index in [4.69, 9.17) is 9.84 Å². The lowest BCUT2D eigenvalue weighted by molar-refractivity contribution is -0.0394. The minimum absolute atomic E-state index is 0.00832. The van der Waals surface area contributed by atoms with Gasteiger partial charge in [0.15, 0.2) is 0 Å². The van der Waals surface area contributed by atoms with Gasteiger partial charge in [0, 0.05) is 25.0 Å². The molecule has 2 aromatic rings. The molecule has 1 aromatic carbocycles. The van der Waals surface area contributed by atoms with Crippen molar-refractivity contribution in [3.8, 4) is 11.1 Å². The van der Waals surface area contributed by atoms with Gasteiger partial charge in [-0.2, -0.15) is 5.10 Å². The van der Waals surface area contributed by atoms with Crippen LogP contribution in [0.4, 0.5) is 4.39 Å². The molecule has 1 N–H and O–H groups in total. The van der Waals surface area contributed by atoms with E-state index in [-0.39, 0.29) is 18.7 Å². The number of benzene rings is 1. The molecule has 0 radical (unpaired) electrons. The predicted molar refractivity (Wildman–Crippen MR) is 77.3 cm³/mol. The Morgan fingerprint density at radius 1 is 1.33 bits per heavy atom. The number of aliphatic hydroxyl groups excluding tert-OH is 1. The van der Waals surface area contributed by atoms with Gasteiger partial charge in [0.2, 0.25) is 0 Å². The maximum Gasteiger partial charge on any atom is 0.150 e. The summed E-state index contributed by atoms with van der Waals surface area (Å²) in [5, 5.41) is 13.2. The molecular weight excluding hydrogens is 271 g/mol. The van der Waals surface area contributed by atoms with Gasteiger partial charge < -0.3 is 9.84 Å². The highest BCUT2D eigenvalue weighted by molar-refractivity contribution is 5.62. The third-order valence-corrected chi connectivity index (χ3v) is 3.82. The Hall–Kier alpha value is -1.72. The van der Waals surface area contributed by atoms with Crippen LogP contribution in [0.25, 0.3) is 11.1 Å². The first kappa shape index (κ1) is 14.2. The van der Waals surface area contributed by atoms with E-state index in [0.717, 1.165) is 37.0 Å². The predicted octanol–water partition coefficient (Wildman–Crippen LogP) is 2.92. The van der Waals surface area contributed by atoms with Crippen LogP contribution in [0.15, 0.2) is 30.6 Å². The second-order valence-corrected chi connectivity index (χ2v) is 5.31. The molecular formula is C16H19FN2O2. The van der Waals surface area contributed by atoms with Crippen molar-refractivity contribution < 1.29 is 14.2 Å². The van der Waals surface area contributed by atoms with Crippen molar-refractivity contribution in [1.29, 1.82) is 0 Å². The molecule has 0 spiro atoms. The first-order valence-electron chi connectivity index (χ1n) is 7.33. The van der Waals surface area contributed by atoms with Gasteiger partial charge in [-0.25, -0.2) is 9.07 Å². The number of rotatable bonds is 4. The molecule has 1 saturated heterocycles. The smallest absolute Gasteiger partial charge is 0.150 e. The monoisotopic (exact) mass is 290 g/mol. The van der Waals surface area contributed by atoms with Crippen LogP contribution in [0.2, 0.25) is 0 Å². The van der Waals surface area contributed by atoms with Crippen LogP contribution in [0.1, 0.15) is 31.1 Å². The summed E-state index contributed by atoms with van der Waals surface area (Å²) in [5.41, 5.74) is 2.19. The van der Waals surface area contributed by atoms with Crippen LogP contribution in [0.3, 0.4) is 0 Å². The summed E-state index contributed by atoms with van der Waals surface area (Å²) in [5.74, 6) is -0.289. The highest BCUT2D eigenvalue weighted by Gasteiger charge is 2.17. The van der Waals surface area contributed by atoms with Crippen LogP contribution < -0.4 is 0 Å². The van der Waals surface area contributed by atoms with Crippen LogP contribution in [-0.4, -0.2) is 28.1 Å². The second kappa shape index (κ2) is 6.37. The summed E-state index contributed by atoms with van der Waals surface area (Å²) in [6.45, 7) is 0.720. The molecule has 0 saturated carbocycles. The second-order valence-electron chi connectivity index (χ2n) is 5.31. The van der Waals surface area contributed by atoms with E-state index in [1.165, 1.54) is 6.07 Å². The summed E-state index contributed by atoms with van der Waals surface area (Å²) in [6.07, 6.45) is 7.17. The Balaban J connectivity index is 1.80. The number of aromatic nitrogens is 2. The van der Waals surface area contributed by atoms with Crippen molar-refractivity contribution in [2.45, 2.75) is 31.9 Å². The van der Waals surface area contributed by atoms with Gasteiger partial charge in [-0.3, -0.25) is 0 Å². The van der Waals surface area contributed by atoms with E-state index >= 15 is 0 Å². The highest BCUT2D eigenvalue weighted by Crippen LogP contribution is 2.26. The minimum Gasteiger partial charge on any atom is -0.396 e. The summed E-state index contributed by atoms with van der Waals surface area (Å²) in [6, 6.07) is 5.07. The molecule has 2 heterocycles. The van der Waals surface area contributed by atoms with Crippen LogP contribution in [0.5, 0.6) is 0 Å². The third kappa shape index (κ3) is 3.14. The van der Waals surface area contributed by atoms with E-state index in [2.05, 4.69) is 5.10 Å². The summed E-state index contributed by atoms with van der Waals surface area (Å²) >= 11 is 0. The lowest BCUT2D eigenvalue weighted by Gasteiger charge is -2.22. The maximum atomic E-state index is 13.9. The van der Waals surface area contributed by atoms with Gasteiger partial charge in [-0.15, -0.1) is 0 Å². The number of hydrogen-bond donors (Lipinski definition) is 1. The Labute approximate surface area is 123 Å².